The van der Waals surface area contributed by atoms with Gasteiger partial charge in [-0.25, -0.2) is 0 Å². The van der Waals surface area contributed by atoms with E-state index in [4.69, 9.17) is 0 Å². The maximum Gasteiger partial charge on any atom is 0.143 e. The largest absolute Gasteiger partial charge is 0.299 e. The summed E-state index contributed by atoms with van der Waals surface area (Å²) in [6, 6.07) is 0. The first kappa shape index (κ1) is 8.74. The third kappa shape index (κ3) is 1.48. The van der Waals surface area contributed by atoms with Crippen LogP contribution in [0.15, 0.2) is 23.8 Å². The van der Waals surface area contributed by atoms with E-state index in [1.54, 1.807) is 0 Å². The van der Waals surface area contributed by atoms with Gasteiger partial charge in [0.1, 0.15) is 5.78 Å². The molecule has 0 aliphatic heterocycles. The number of Topliss-reactive ketones (excluding diaryl/α,β-unsaturated/α-hetero) is 1. The highest BCUT2D eigenvalue weighted by Gasteiger charge is 2.37. The molecule has 1 saturated carbocycles. The van der Waals surface area contributed by atoms with Gasteiger partial charge in [-0.1, -0.05) is 30.2 Å². The molecule has 0 aromatic rings. The summed E-state index contributed by atoms with van der Waals surface area (Å²) in [5, 5.41) is 0. The van der Waals surface area contributed by atoms with Crippen molar-refractivity contribution in [3.63, 3.8) is 0 Å². The van der Waals surface area contributed by atoms with Crippen molar-refractivity contribution in [2.45, 2.75) is 39.0 Å². The van der Waals surface area contributed by atoms with Crippen molar-refractivity contribution in [3.8, 4) is 0 Å². The summed E-state index contributed by atoms with van der Waals surface area (Å²) in [7, 11) is 0. The molecule has 0 heterocycles. The average molecular weight is 176 g/mol. The van der Waals surface area contributed by atoms with Crippen LogP contribution in [0.1, 0.15) is 39.0 Å². The lowest BCUT2D eigenvalue weighted by Crippen LogP contribution is -2.33. The Balaban J connectivity index is 2.25. The van der Waals surface area contributed by atoms with Crippen molar-refractivity contribution >= 4 is 5.78 Å². The van der Waals surface area contributed by atoms with Gasteiger partial charge in [0.15, 0.2) is 0 Å². The van der Waals surface area contributed by atoms with E-state index in [-0.39, 0.29) is 5.41 Å². The van der Waals surface area contributed by atoms with Gasteiger partial charge in [0.05, 0.1) is 5.41 Å². The van der Waals surface area contributed by atoms with E-state index in [0.29, 0.717) is 5.78 Å². The maximum absolute atomic E-state index is 11.8. The Morgan fingerprint density at radius 3 is 2.92 bits per heavy atom. The number of allylic oxidation sites excluding steroid dienone is 4. The fourth-order valence-electron chi connectivity index (χ4n) is 2.49. The first-order valence-electron chi connectivity index (χ1n) is 5.11. The van der Waals surface area contributed by atoms with Crippen LogP contribution in [-0.2, 0) is 4.79 Å². The smallest absolute Gasteiger partial charge is 0.143 e. The number of ketones is 1. The van der Waals surface area contributed by atoms with Crippen molar-refractivity contribution in [1.29, 1.82) is 0 Å². The van der Waals surface area contributed by atoms with E-state index in [2.05, 4.69) is 25.2 Å². The molecule has 13 heavy (non-hydrogen) atoms. The topological polar surface area (TPSA) is 17.1 Å². The predicted octanol–water partition coefficient (Wildman–Crippen LogP) is 3.02. The second-order valence-corrected chi connectivity index (χ2v) is 4.34. The molecule has 1 nitrogen and oxygen atoms in total. The van der Waals surface area contributed by atoms with Gasteiger partial charge >= 0.3 is 0 Å². The lowest BCUT2D eigenvalue weighted by Gasteiger charge is -2.34. The van der Waals surface area contributed by atoms with E-state index in [0.717, 1.165) is 25.7 Å². The Kier molecular flexibility index (Phi) is 2.10. The highest BCUT2D eigenvalue weighted by atomic mass is 16.1. The first-order chi connectivity index (χ1) is 6.23. The predicted molar refractivity (Wildman–Crippen MR) is 53.4 cm³/mol. The molecule has 1 atom stereocenters. The Morgan fingerprint density at radius 1 is 1.38 bits per heavy atom. The standard InChI is InChI=1S/C12H16O/c1-10-5-4-8-12(9-10)7-3-2-6-11(12)13/h4-5,8H,2-3,6-7,9H2,1H3. The first-order valence-corrected chi connectivity index (χ1v) is 5.11. The third-order valence-corrected chi connectivity index (χ3v) is 3.22. The van der Waals surface area contributed by atoms with Crippen LogP contribution in [-0.4, -0.2) is 5.78 Å². The van der Waals surface area contributed by atoms with E-state index < -0.39 is 0 Å². The van der Waals surface area contributed by atoms with Crippen molar-refractivity contribution in [2.24, 2.45) is 5.41 Å². The lowest BCUT2D eigenvalue weighted by molar-refractivity contribution is -0.128. The molecule has 2 rings (SSSR count). The summed E-state index contributed by atoms with van der Waals surface area (Å²) in [6.07, 6.45) is 11.4. The summed E-state index contributed by atoms with van der Waals surface area (Å²) in [5.74, 6) is 0.461. The Labute approximate surface area is 79.5 Å². The normalized spacial score (nSPS) is 33.6. The summed E-state index contributed by atoms with van der Waals surface area (Å²) < 4.78 is 0. The van der Waals surface area contributed by atoms with Gasteiger partial charge in [0.25, 0.3) is 0 Å². The van der Waals surface area contributed by atoms with Crippen LogP contribution in [0.5, 0.6) is 0 Å². The fourth-order valence-corrected chi connectivity index (χ4v) is 2.49. The molecule has 0 aromatic carbocycles. The number of hydrogen-bond acceptors (Lipinski definition) is 1. The monoisotopic (exact) mass is 176 g/mol. The molecule has 0 amide bonds. The zero-order valence-electron chi connectivity index (χ0n) is 8.18. The van der Waals surface area contributed by atoms with E-state index in [1.807, 2.05) is 0 Å². The van der Waals surface area contributed by atoms with Crippen molar-refractivity contribution in [2.75, 3.05) is 0 Å². The van der Waals surface area contributed by atoms with E-state index in [9.17, 15) is 4.79 Å². The van der Waals surface area contributed by atoms with Crippen molar-refractivity contribution < 1.29 is 4.79 Å². The lowest BCUT2D eigenvalue weighted by atomic mass is 9.68. The van der Waals surface area contributed by atoms with Gasteiger partial charge in [-0.2, -0.15) is 0 Å². The fraction of sp³-hybridized carbons (Fsp3) is 0.583. The second kappa shape index (κ2) is 3.13. The number of hydrogen-bond donors (Lipinski definition) is 0. The SMILES string of the molecule is CC1=CC=CC2(CCCCC2=O)C1. The van der Waals surface area contributed by atoms with Crippen LogP contribution in [0.25, 0.3) is 0 Å². The minimum Gasteiger partial charge on any atom is -0.299 e. The van der Waals surface area contributed by atoms with Gasteiger partial charge in [0, 0.05) is 6.42 Å². The van der Waals surface area contributed by atoms with Gasteiger partial charge in [-0.3, -0.25) is 4.79 Å². The Morgan fingerprint density at radius 2 is 2.23 bits per heavy atom. The molecule has 0 saturated heterocycles. The molecule has 1 fully saturated rings. The number of rotatable bonds is 0. The summed E-state index contributed by atoms with van der Waals surface area (Å²) in [6.45, 7) is 2.12. The summed E-state index contributed by atoms with van der Waals surface area (Å²) >= 11 is 0. The Hall–Kier alpha value is -0.850. The average Bonchev–Trinajstić information content (AvgIpc) is 2.11. The van der Waals surface area contributed by atoms with Gasteiger partial charge < -0.3 is 0 Å². The number of carbonyl (C=O) groups excluding carboxylic acids is 1. The summed E-state index contributed by atoms with van der Waals surface area (Å²) in [5.41, 5.74) is 1.25. The zero-order chi connectivity index (χ0) is 9.31. The molecule has 1 spiro atoms. The minimum absolute atomic E-state index is 0.100. The second-order valence-electron chi connectivity index (χ2n) is 4.34. The van der Waals surface area contributed by atoms with Crippen LogP contribution in [0, 0.1) is 5.41 Å². The maximum atomic E-state index is 11.8. The van der Waals surface area contributed by atoms with Crippen LogP contribution >= 0.6 is 0 Å². The molecule has 0 aromatic heterocycles. The molecule has 1 unspecified atom stereocenters. The molecular weight excluding hydrogens is 160 g/mol. The molecule has 70 valence electrons. The molecule has 0 bridgehead atoms. The molecule has 2 aliphatic rings. The highest BCUT2D eigenvalue weighted by Crippen LogP contribution is 2.41. The Bertz CT molecular complexity index is 285. The molecule has 0 radical (unpaired) electrons. The van der Waals surface area contributed by atoms with Crippen LogP contribution in [0.4, 0.5) is 0 Å². The molecule has 2 aliphatic carbocycles. The van der Waals surface area contributed by atoms with E-state index in [1.165, 1.54) is 12.0 Å². The number of carbonyl (C=O) groups is 1. The van der Waals surface area contributed by atoms with Crippen LogP contribution in [0.3, 0.4) is 0 Å². The third-order valence-electron chi connectivity index (χ3n) is 3.22. The highest BCUT2D eigenvalue weighted by molar-refractivity contribution is 5.88. The van der Waals surface area contributed by atoms with Gasteiger partial charge in [-0.05, 0) is 26.2 Å². The quantitative estimate of drug-likeness (QED) is 0.554. The zero-order valence-corrected chi connectivity index (χ0v) is 8.18. The van der Waals surface area contributed by atoms with Gasteiger partial charge in [-0.15, -0.1) is 0 Å². The van der Waals surface area contributed by atoms with Crippen LogP contribution < -0.4 is 0 Å². The van der Waals surface area contributed by atoms with Crippen molar-refractivity contribution in [3.05, 3.63) is 23.8 Å². The molecule has 1 heteroatoms. The summed E-state index contributed by atoms with van der Waals surface area (Å²) in [4.78, 5) is 11.8. The molecule has 0 N–H and O–H groups in total. The molecular formula is C12H16O. The van der Waals surface area contributed by atoms with Gasteiger partial charge in [0.2, 0.25) is 0 Å². The minimum atomic E-state index is -0.100. The van der Waals surface area contributed by atoms with E-state index >= 15 is 0 Å². The van der Waals surface area contributed by atoms with Crippen LogP contribution in [0.2, 0.25) is 0 Å². The van der Waals surface area contributed by atoms with Crippen molar-refractivity contribution in [1.82, 2.24) is 0 Å².